The summed E-state index contributed by atoms with van der Waals surface area (Å²) in [5.74, 6) is 5.34. The van der Waals surface area contributed by atoms with Crippen LogP contribution in [-0.2, 0) is 4.74 Å². The van der Waals surface area contributed by atoms with Gasteiger partial charge in [0.15, 0.2) is 69.8 Å². The SMILES string of the molecule is Cc1sc(-c2sc(C)c3c2OC(CO)CO3)c2c1OCCO2.Cc1sc(-c2sc(C)c3c2OC(COC(=O)c2ccc(C(=O)c4ccccc4)cc2)CO3)c2c1OCCO2.ClCCl.O=C(Cl)c1ccc(C(=O)c2ccccc2)cc1. The highest BCUT2D eigenvalue weighted by atomic mass is 35.5. The van der Waals surface area contributed by atoms with Crippen LogP contribution in [0.1, 0.15) is 72.1 Å². The van der Waals surface area contributed by atoms with Crippen molar-refractivity contribution in [2.45, 2.75) is 39.9 Å². The topological polar surface area (TPSA) is 172 Å². The van der Waals surface area contributed by atoms with E-state index >= 15 is 0 Å². The minimum absolute atomic E-state index is 0.0263. The summed E-state index contributed by atoms with van der Waals surface area (Å²) in [5.41, 5.74) is 3.01. The molecule has 12 rings (SSSR count). The Labute approximate surface area is 492 Å². The van der Waals surface area contributed by atoms with Crippen LogP contribution in [-0.4, -0.2) is 98.3 Å². The Bertz CT molecular complexity index is 3480. The lowest BCUT2D eigenvalue weighted by Crippen LogP contribution is -2.34. The maximum Gasteiger partial charge on any atom is 0.338 e. The van der Waals surface area contributed by atoms with Crippen molar-refractivity contribution in [3.63, 3.8) is 0 Å². The Kier molecular flexibility index (Phi) is 19.4. The summed E-state index contributed by atoms with van der Waals surface area (Å²) in [6.45, 7) is 10.8. The van der Waals surface area contributed by atoms with Crippen LogP contribution in [0.15, 0.2) is 109 Å². The van der Waals surface area contributed by atoms with Gasteiger partial charge in [-0.2, -0.15) is 0 Å². The van der Waals surface area contributed by atoms with E-state index in [1.165, 1.54) is 0 Å². The largest absolute Gasteiger partial charge is 0.485 e. The van der Waals surface area contributed by atoms with Gasteiger partial charge in [-0.25, -0.2) is 4.79 Å². The molecule has 80 heavy (non-hydrogen) atoms. The fraction of sp³-hybridized carbons (Fsp3) is 0.254. The number of hydrogen-bond donors (Lipinski definition) is 1. The van der Waals surface area contributed by atoms with Crippen LogP contribution in [0.2, 0.25) is 0 Å². The van der Waals surface area contributed by atoms with E-state index in [1.807, 2.05) is 64.1 Å². The number of aliphatic hydroxyl groups excluding tert-OH is 1. The number of alkyl halides is 2. The molecule has 4 aromatic carbocycles. The lowest BCUT2D eigenvalue weighted by atomic mass is 10.0. The van der Waals surface area contributed by atoms with E-state index in [2.05, 4.69) is 0 Å². The number of esters is 1. The molecule has 0 saturated heterocycles. The van der Waals surface area contributed by atoms with Gasteiger partial charge in [0, 0.05) is 47.3 Å². The molecule has 8 heterocycles. The molecular weight excluding hydrogens is 1170 g/mol. The summed E-state index contributed by atoms with van der Waals surface area (Å²) in [7, 11) is 0. The van der Waals surface area contributed by atoms with E-state index in [0.717, 1.165) is 67.8 Å². The van der Waals surface area contributed by atoms with Gasteiger partial charge in [0.05, 0.1) is 37.0 Å². The molecule has 1 N–H and O–H groups in total. The summed E-state index contributed by atoms with van der Waals surface area (Å²) >= 11 is 21.3. The van der Waals surface area contributed by atoms with Crippen LogP contribution in [0.4, 0.5) is 0 Å². The van der Waals surface area contributed by atoms with Crippen molar-refractivity contribution in [3.8, 4) is 65.5 Å². The lowest BCUT2D eigenvalue weighted by molar-refractivity contribution is 0.0114. The van der Waals surface area contributed by atoms with Crippen molar-refractivity contribution in [2.75, 3.05) is 58.2 Å². The van der Waals surface area contributed by atoms with Crippen LogP contribution in [0.25, 0.3) is 19.5 Å². The van der Waals surface area contributed by atoms with Crippen LogP contribution in [0.3, 0.4) is 0 Å². The van der Waals surface area contributed by atoms with Gasteiger partial charge in [0.1, 0.15) is 46.2 Å². The summed E-state index contributed by atoms with van der Waals surface area (Å²) in [5, 5.41) is 9.01. The van der Waals surface area contributed by atoms with Gasteiger partial charge in [-0.05, 0) is 63.6 Å². The van der Waals surface area contributed by atoms with Gasteiger partial charge >= 0.3 is 5.97 Å². The number of hydrogen-bond acceptors (Lipinski definition) is 18. The van der Waals surface area contributed by atoms with Crippen molar-refractivity contribution >= 4 is 103 Å². The van der Waals surface area contributed by atoms with Gasteiger partial charge < -0.3 is 47.7 Å². The van der Waals surface area contributed by atoms with E-state index < -0.39 is 17.3 Å². The maximum absolute atomic E-state index is 12.7. The molecule has 0 saturated carbocycles. The zero-order valence-corrected chi connectivity index (χ0v) is 49.0. The Morgan fingerprint density at radius 2 is 0.787 bits per heavy atom. The third-order valence-electron chi connectivity index (χ3n) is 12.3. The van der Waals surface area contributed by atoms with Gasteiger partial charge in [-0.1, -0.05) is 84.9 Å². The smallest absolute Gasteiger partial charge is 0.338 e. The van der Waals surface area contributed by atoms with Crippen molar-refractivity contribution in [2.24, 2.45) is 0 Å². The summed E-state index contributed by atoms with van der Waals surface area (Å²) in [4.78, 5) is 56.3. The Hall–Kier alpha value is -6.61. The summed E-state index contributed by atoms with van der Waals surface area (Å²) in [6.07, 6.45) is -0.790. The van der Waals surface area contributed by atoms with Gasteiger partial charge in [-0.15, -0.1) is 68.5 Å². The second kappa shape index (κ2) is 26.8. The van der Waals surface area contributed by atoms with Crippen LogP contribution in [0.5, 0.6) is 46.0 Å². The first-order valence-electron chi connectivity index (χ1n) is 24.9. The molecule has 14 nitrogen and oxygen atoms in total. The Morgan fingerprint density at radius 3 is 1.19 bits per heavy atom. The first-order valence-corrected chi connectivity index (χ1v) is 29.6. The van der Waals surface area contributed by atoms with Crippen LogP contribution in [0, 0.1) is 27.7 Å². The number of ketones is 2. The van der Waals surface area contributed by atoms with Crippen LogP contribution >= 0.6 is 80.1 Å². The number of carbonyl (C=O) groups excluding carboxylic acids is 4. The van der Waals surface area contributed by atoms with E-state index in [9.17, 15) is 24.3 Å². The van der Waals surface area contributed by atoms with Gasteiger partial charge in [0.2, 0.25) is 0 Å². The minimum atomic E-state index is -0.524. The third kappa shape index (κ3) is 13.1. The summed E-state index contributed by atoms with van der Waals surface area (Å²) < 4.78 is 52.9. The highest BCUT2D eigenvalue weighted by Crippen LogP contribution is 2.59. The van der Waals surface area contributed by atoms with Crippen LogP contribution < -0.4 is 37.9 Å². The average Bonchev–Trinajstić information content (AvgIpc) is 4.27. The molecule has 8 aromatic rings. The third-order valence-corrected chi connectivity index (χ3v) is 17.2. The molecule has 0 spiro atoms. The second-order valence-corrected chi connectivity index (χ2v) is 23.8. The molecular formula is C59H51Cl3O14S4. The zero-order chi connectivity index (χ0) is 56.5. The highest BCUT2D eigenvalue weighted by molar-refractivity contribution is 7.23. The van der Waals surface area contributed by atoms with Crippen molar-refractivity contribution in [1.29, 1.82) is 0 Å². The molecule has 2 unspecified atom stereocenters. The van der Waals surface area contributed by atoms with Gasteiger partial charge in [-0.3, -0.25) is 14.4 Å². The molecule has 0 aliphatic carbocycles. The zero-order valence-electron chi connectivity index (χ0n) is 43.4. The maximum atomic E-state index is 12.7. The van der Waals surface area contributed by atoms with E-state index in [0.29, 0.717) is 83.7 Å². The monoisotopic (exact) mass is 1220 g/mol. The number of benzene rings is 4. The molecule has 0 amide bonds. The van der Waals surface area contributed by atoms with E-state index in [1.54, 1.807) is 118 Å². The number of fused-ring (bicyclic) bond motifs is 4. The molecule has 21 heteroatoms. The molecule has 0 bridgehead atoms. The molecule has 4 aliphatic rings. The molecule has 416 valence electrons. The lowest BCUT2D eigenvalue weighted by Gasteiger charge is -2.25. The normalized spacial score (nSPS) is 15.1. The molecule has 2 atom stereocenters. The summed E-state index contributed by atoms with van der Waals surface area (Å²) in [6, 6.07) is 30.8. The fourth-order valence-electron chi connectivity index (χ4n) is 8.55. The van der Waals surface area contributed by atoms with Crippen molar-refractivity contribution in [3.05, 3.63) is 162 Å². The predicted molar refractivity (Wildman–Crippen MR) is 313 cm³/mol. The first-order chi connectivity index (χ1) is 38.8. The standard InChI is InChI=1S/C29H24O7S2.C15H16O5S2.C14H9ClO2.CH2Cl2/c1-16-23-25(33-13-12-32-23)27(37-16)28-26-24(17(2)38-28)34-14-21(36-26)15-35-29(31)20-10-8-19(9-11-20)22(30)18-6-4-3-5-7-18;1-7-10-12(18-4-3-17-10)14(21-7)15-13-11(8(2)22-15)19-6-9(5-16)20-13;15-14(17)12-8-6-11(7-9-12)13(16)10-4-2-1-3-5-10;2-1-3/h3-11,21H,12-15H2,1-2H3;9,16H,3-6H2,1-2H3;1-9H;1H2. The number of aryl methyl sites for hydroxylation is 4. The number of thiophene rings is 4. The van der Waals surface area contributed by atoms with Crippen molar-refractivity contribution < 1.29 is 66.9 Å². The number of aliphatic hydroxyl groups is 1. The molecule has 4 aromatic heterocycles. The van der Waals surface area contributed by atoms with Crippen molar-refractivity contribution in [1.82, 2.24) is 0 Å². The van der Waals surface area contributed by atoms with Gasteiger partial charge in [0.25, 0.3) is 5.24 Å². The minimum Gasteiger partial charge on any atom is -0.485 e. The second-order valence-electron chi connectivity index (χ2n) is 17.8. The number of rotatable bonds is 11. The number of halogens is 3. The quantitative estimate of drug-likeness (QED) is 0.0561. The number of ether oxygens (including phenoxy) is 9. The fourth-order valence-corrected chi connectivity index (χ4v) is 13.1. The predicted octanol–water partition coefficient (Wildman–Crippen LogP) is 13.8. The Morgan fingerprint density at radius 1 is 0.463 bits per heavy atom. The highest BCUT2D eigenvalue weighted by Gasteiger charge is 2.35. The molecule has 0 fully saturated rings. The number of carbonyl (C=O) groups is 4. The molecule has 0 radical (unpaired) electrons. The van der Waals surface area contributed by atoms with E-state index in [4.69, 9.17) is 77.4 Å². The van der Waals surface area contributed by atoms with E-state index in [-0.39, 0.29) is 42.8 Å². The Balaban J connectivity index is 0.000000155. The average molecular weight is 1220 g/mol. The first kappa shape index (κ1) is 58.1. The molecule has 4 aliphatic heterocycles.